The van der Waals surface area contributed by atoms with E-state index in [4.69, 9.17) is 0 Å². The van der Waals surface area contributed by atoms with Crippen molar-refractivity contribution in [2.75, 3.05) is 26.7 Å². The molecule has 0 fully saturated rings. The molecule has 1 rings (SSSR count). The number of aryl methyl sites for hydroxylation is 1. The minimum absolute atomic E-state index is 0.431. The molecular weight excluding hydrogens is 208 g/mol. The molecule has 2 nitrogen and oxygen atoms in total. The molecule has 0 aromatic heterocycles. The molecule has 96 valence electrons. The van der Waals surface area contributed by atoms with Gasteiger partial charge in [-0.1, -0.05) is 45.0 Å². The molecule has 0 bridgehead atoms. The van der Waals surface area contributed by atoms with E-state index in [2.05, 4.69) is 55.3 Å². The highest BCUT2D eigenvalue weighted by Crippen LogP contribution is 2.15. The summed E-state index contributed by atoms with van der Waals surface area (Å²) in [4.78, 5) is 2.45. The lowest BCUT2D eigenvalue weighted by atomic mass is 10.0. The van der Waals surface area contributed by atoms with Crippen LogP contribution in [-0.2, 0) is 6.42 Å². The highest BCUT2D eigenvalue weighted by atomic mass is 15.1. The van der Waals surface area contributed by atoms with Gasteiger partial charge in [0.15, 0.2) is 0 Å². The summed E-state index contributed by atoms with van der Waals surface area (Å²) in [5.41, 5.74) is 2.79. The van der Waals surface area contributed by atoms with Gasteiger partial charge in [-0.05, 0) is 37.7 Å². The Morgan fingerprint density at radius 2 is 1.65 bits per heavy atom. The number of hydrogen-bond acceptors (Lipinski definition) is 2. The average Bonchev–Trinajstić information content (AvgIpc) is 2.40. The van der Waals surface area contributed by atoms with Gasteiger partial charge >= 0.3 is 0 Å². The molecule has 0 aliphatic carbocycles. The van der Waals surface area contributed by atoms with Crippen LogP contribution in [0.3, 0.4) is 0 Å². The number of nitrogens with one attached hydrogen (secondary N) is 1. The number of hydrogen-bond donors (Lipinski definition) is 1. The van der Waals surface area contributed by atoms with E-state index in [9.17, 15) is 0 Å². The van der Waals surface area contributed by atoms with Crippen LogP contribution < -0.4 is 5.32 Å². The van der Waals surface area contributed by atoms with Crippen molar-refractivity contribution >= 4 is 0 Å². The van der Waals surface area contributed by atoms with Gasteiger partial charge in [0, 0.05) is 12.6 Å². The molecule has 0 radical (unpaired) electrons. The van der Waals surface area contributed by atoms with Crippen LogP contribution in [0.15, 0.2) is 24.3 Å². The fraction of sp³-hybridized carbons (Fsp3) is 0.600. The first kappa shape index (κ1) is 14.2. The lowest BCUT2D eigenvalue weighted by Crippen LogP contribution is -2.33. The normalized spacial score (nSPS) is 13.0. The zero-order chi connectivity index (χ0) is 12.7. The molecule has 0 spiro atoms. The van der Waals surface area contributed by atoms with Gasteiger partial charge in [-0.15, -0.1) is 0 Å². The summed E-state index contributed by atoms with van der Waals surface area (Å²) in [6.45, 7) is 9.94. The van der Waals surface area contributed by atoms with Gasteiger partial charge in [0.1, 0.15) is 0 Å². The minimum Gasteiger partial charge on any atom is -0.312 e. The van der Waals surface area contributed by atoms with Crippen molar-refractivity contribution in [3.8, 4) is 0 Å². The molecule has 1 aromatic rings. The van der Waals surface area contributed by atoms with Gasteiger partial charge in [-0.25, -0.2) is 0 Å². The van der Waals surface area contributed by atoms with E-state index >= 15 is 0 Å². The third kappa shape index (κ3) is 4.14. The van der Waals surface area contributed by atoms with E-state index in [0.29, 0.717) is 6.04 Å². The minimum atomic E-state index is 0.431. The largest absolute Gasteiger partial charge is 0.312 e. The fourth-order valence-corrected chi connectivity index (χ4v) is 2.09. The van der Waals surface area contributed by atoms with Crippen molar-refractivity contribution in [2.24, 2.45) is 0 Å². The second-order valence-corrected chi connectivity index (χ2v) is 4.42. The lowest BCUT2D eigenvalue weighted by molar-refractivity contribution is 0.271. The lowest BCUT2D eigenvalue weighted by Gasteiger charge is -2.25. The summed E-state index contributed by atoms with van der Waals surface area (Å²) in [6, 6.07) is 9.41. The molecule has 0 saturated carbocycles. The van der Waals surface area contributed by atoms with E-state index < -0.39 is 0 Å². The third-order valence-corrected chi connectivity index (χ3v) is 3.47. The highest BCUT2D eigenvalue weighted by Gasteiger charge is 2.12. The standard InChI is InChI=1S/C15H26N2/c1-5-13-8-10-14(11-9-13)15(16-4)12-17(6-2)7-3/h8-11,15-16H,5-7,12H2,1-4H3. The second kappa shape index (κ2) is 7.46. The first-order valence-electron chi connectivity index (χ1n) is 6.73. The van der Waals surface area contributed by atoms with E-state index in [1.807, 2.05) is 7.05 Å². The van der Waals surface area contributed by atoms with Gasteiger partial charge in [-0.2, -0.15) is 0 Å². The zero-order valence-electron chi connectivity index (χ0n) is 11.7. The van der Waals surface area contributed by atoms with Crippen LogP contribution in [-0.4, -0.2) is 31.6 Å². The number of nitrogens with zero attached hydrogens (tertiary/aromatic N) is 1. The maximum absolute atomic E-state index is 3.41. The maximum atomic E-state index is 3.41. The maximum Gasteiger partial charge on any atom is 0.0446 e. The summed E-state index contributed by atoms with van der Waals surface area (Å²) < 4.78 is 0. The number of benzene rings is 1. The van der Waals surface area contributed by atoms with E-state index in [-0.39, 0.29) is 0 Å². The summed E-state index contributed by atoms with van der Waals surface area (Å²) in [5.74, 6) is 0. The van der Waals surface area contributed by atoms with E-state index in [0.717, 1.165) is 26.1 Å². The van der Waals surface area contributed by atoms with Crippen molar-refractivity contribution in [1.29, 1.82) is 0 Å². The Bertz CT molecular complexity index is 301. The predicted octanol–water partition coefficient (Wildman–Crippen LogP) is 2.85. The molecule has 17 heavy (non-hydrogen) atoms. The zero-order valence-corrected chi connectivity index (χ0v) is 11.7. The molecule has 2 heteroatoms. The van der Waals surface area contributed by atoms with Crippen molar-refractivity contribution < 1.29 is 0 Å². The molecule has 0 aliphatic heterocycles. The Morgan fingerprint density at radius 1 is 1.06 bits per heavy atom. The Kier molecular flexibility index (Phi) is 6.23. The van der Waals surface area contributed by atoms with Gasteiger partial charge in [-0.3, -0.25) is 0 Å². The molecule has 1 atom stereocenters. The molecule has 0 saturated heterocycles. The summed E-state index contributed by atoms with van der Waals surface area (Å²) in [7, 11) is 2.04. The Hall–Kier alpha value is -0.860. The Labute approximate surface area is 106 Å². The first-order valence-corrected chi connectivity index (χ1v) is 6.73. The molecular formula is C15H26N2. The van der Waals surface area contributed by atoms with Gasteiger partial charge < -0.3 is 10.2 Å². The van der Waals surface area contributed by atoms with Gasteiger partial charge in [0.05, 0.1) is 0 Å². The van der Waals surface area contributed by atoms with Crippen LogP contribution in [0.2, 0.25) is 0 Å². The predicted molar refractivity (Wildman–Crippen MR) is 75.4 cm³/mol. The fourth-order valence-electron chi connectivity index (χ4n) is 2.09. The molecule has 1 aromatic carbocycles. The number of likely N-dealkylation sites (N-methyl/N-ethyl adjacent to an activating group) is 2. The van der Waals surface area contributed by atoms with Crippen LogP contribution in [0.4, 0.5) is 0 Å². The van der Waals surface area contributed by atoms with Gasteiger partial charge in [0.2, 0.25) is 0 Å². The Morgan fingerprint density at radius 3 is 2.06 bits per heavy atom. The second-order valence-electron chi connectivity index (χ2n) is 4.42. The van der Waals surface area contributed by atoms with Gasteiger partial charge in [0.25, 0.3) is 0 Å². The monoisotopic (exact) mass is 234 g/mol. The van der Waals surface area contributed by atoms with Crippen molar-refractivity contribution in [1.82, 2.24) is 10.2 Å². The molecule has 1 N–H and O–H groups in total. The molecule has 1 unspecified atom stereocenters. The van der Waals surface area contributed by atoms with Crippen molar-refractivity contribution in [3.05, 3.63) is 35.4 Å². The summed E-state index contributed by atoms with van der Waals surface area (Å²) in [6.07, 6.45) is 1.11. The van der Waals surface area contributed by atoms with Crippen LogP contribution >= 0.6 is 0 Å². The van der Waals surface area contributed by atoms with Crippen LogP contribution in [0, 0.1) is 0 Å². The van der Waals surface area contributed by atoms with E-state index in [1.54, 1.807) is 0 Å². The average molecular weight is 234 g/mol. The Balaban J connectivity index is 2.71. The van der Waals surface area contributed by atoms with Crippen LogP contribution in [0.25, 0.3) is 0 Å². The quantitative estimate of drug-likeness (QED) is 0.780. The highest BCUT2D eigenvalue weighted by molar-refractivity contribution is 5.25. The van der Waals surface area contributed by atoms with Crippen LogP contribution in [0.1, 0.15) is 37.9 Å². The third-order valence-electron chi connectivity index (χ3n) is 3.47. The molecule has 0 aliphatic rings. The smallest absolute Gasteiger partial charge is 0.0446 e. The molecule has 0 heterocycles. The number of rotatable bonds is 7. The van der Waals surface area contributed by atoms with Crippen molar-refractivity contribution in [2.45, 2.75) is 33.2 Å². The summed E-state index contributed by atoms with van der Waals surface area (Å²) in [5, 5.41) is 3.41. The SMILES string of the molecule is CCc1ccc(C(CN(CC)CC)NC)cc1. The molecule has 0 amide bonds. The first-order chi connectivity index (χ1) is 8.24. The van der Waals surface area contributed by atoms with Crippen molar-refractivity contribution in [3.63, 3.8) is 0 Å². The van der Waals surface area contributed by atoms with Crippen LogP contribution in [0.5, 0.6) is 0 Å². The summed E-state index contributed by atoms with van der Waals surface area (Å²) >= 11 is 0. The van der Waals surface area contributed by atoms with E-state index in [1.165, 1.54) is 11.1 Å². The topological polar surface area (TPSA) is 15.3 Å².